The van der Waals surface area contributed by atoms with Gasteiger partial charge in [0.25, 0.3) is 0 Å². The number of nitrogens with one attached hydrogen (secondary N) is 1. The second-order valence-electron chi connectivity index (χ2n) is 10.6. The molecule has 32 heavy (non-hydrogen) atoms. The lowest BCUT2D eigenvalue weighted by Crippen LogP contribution is -2.26. The normalized spacial score (nSPS) is 16.1. The molecule has 0 aliphatic heterocycles. The minimum atomic E-state index is -0.276. The fourth-order valence-electron chi connectivity index (χ4n) is 4.69. The van der Waals surface area contributed by atoms with Gasteiger partial charge in [-0.2, -0.15) is 0 Å². The van der Waals surface area contributed by atoms with Crippen molar-refractivity contribution >= 4 is 17.2 Å². The van der Waals surface area contributed by atoms with Crippen LogP contribution in [0.1, 0.15) is 100.0 Å². The van der Waals surface area contributed by atoms with Crippen LogP contribution >= 0.6 is 0 Å². The summed E-state index contributed by atoms with van der Waals surface area (Å²) in [5.74, 6) is -0.276. The van der Waals surface area contributed by atoms with Crippen molar-refractivity contribution in [3.63, 3.8) is 0 Å². The van der Waals surface area contributed by atoms with Crippen molar-refractivity contribution in [3.8, 4) is 0 Å². The highest BCUT2D eigenvalue weighted by molar-refractivity contribution is 5.89. The van der Waals surface area contributed by atoms with Gasteiger partial charge in [0.2, 0.25) is 0 Å². The van der Waals surface area contributed by atoms with Crippen LogP contribution in [0.4, 0.5) is 5.69 Å². The Morgan fingerprint density at radius 3 is 2.34 bits per heavy atom. The molecule has 3 rings (SSSR count). The Hall–Kier alpha value is -2.55. The lowest BCUT2D eigenvalue weighted by Gasteiger charge is -2.38. The van der Waals surface area contributed by atoms with Crippen LogP contribution in [0.3, 0.4) is 0 Å². The minimum Gasteiger partial charge on any atom is -0.462 e. The van der Waals surface area contributed by atoms with Gasteiger partial charge in [0.05, 0.1) is 18.2 Å². The van der Waals surface area contributed by atoms with E-state index in [-0.39, 0.29) is 22.8 Å². The van der Waals surface area contributed by atoms with E-state index < -0.39 is 0 Å². The number of allylic oxidation sites excluding steroid dienone is 2. The summed E-state index contributed by atoms with van der Waals surface area (Å²) in [7, 11) is 0. The molecule has 0 heterocycles. The van der Waals surface area contributed by atoms with Crippen molar-refractivity contribution in [2.75, 3.05) is 11.9 Å². The Bertz CT molecular complexity index is 1010. The molecular formula is C29H39NO2. The second-order valence-corrected chi connectivity index (χ2v) is 10.6. The first kappa shape index (κ1) is 24.1. The van der Waals surface area contributed by atoms with Crippen LogP contribution in [0.25, 0.3) is 5.57 Å². The molecule has 2 aromatic carbocycles. The topological polar surface area (TPSA) is 38.3 Å². The first-order valence-electron chi connectivity index (χ1n) is 11.9. The predicted octanol–water partition coefficient (Wildman–Crippen LogP) is 7.85. The van der Waals surface area contributed by atoms with Gasteiger partial charge in [-0.1, -0.05) is 59.8 Å². The third-order valence-corrected chi connectivity index (χ3v) is 6.57. The highest BCUT2D eigenvalue weighted by Gasteiger charge is 2.33. The molecule has 0 saturated heterocycles. The highest BCUT2D eigenvalue weighted by atomic mass is 16.5. The molecule has 0 bridgehead atoms. The number of esters is 1. The van der Waals surface area contributed by atoms with E-state index in [4.69, 9.17) is 4.74 Å². The quantitative estimate of drug-likeness (QED) is 0.471. The zero-order valence-corrected chi connectivity index (χ0v) is 21.1. The zero-order valence-electron chi connectivity index (χ0n) is 21.1. The number of ether oxygens (including phenoxy) is 1. The average Bonchev–Trinajstić information content (AvgIpc) is 2.71. The Kier molecular flexibility index (Phi) is 6.88. The molecule has 0 fully saturated rings. The number of rotatable bonds is 6. The van der Waals surface area contributed by atoms with Crippen LogP contribution in [-0.4, -0.2) is 12.6 Å². The number of hydrogen-bond acceptors (Lipinski definition) is 3. The average molecular weight is 434 g/mol. The summed E-state index contributed by atoms with van der Waals surface area (Å²) in [6, 6.07) is 12.6. The molecule has 0 saturated carbocycles. The summed E-state index contributed by atoms with van der Waals surface area (Å²) in [4.78, 5) is 11.9. The summed E-state index contributed by atoms with van der Waals surface area (Å²) < 4.78 is 5.10. The fraction of sp³-hybridized carbons (Fsp3) is 0.483. The van der Waals surface area contributed by atoms with Crippen LogP contribution in [0.5, 0.6) is 0 Å². The molecule has 1 N–H and O–H groups in total. The van der Waals surface area contributed by atoms with Gasteiger partial charge in [0.1, 0.15) is 0 Å². The SMILES string of the molecule is CCOC(=O)c1ccc(NC(CC)c2cc3c(cc2C)C(C(C)(C)C)=CCC3(C)C)cc1. The highest BCUT2D eigenvalue weighted by Crippen LogP contribution is 2.47. The predicted molar refractivity (Wildman–Crippen MR) is 135 cm³/mol. The van der Waals surface area contributed by atoms with Crippen molar-refractivity contribution < 1.29 is 9.53 Å². The van der Waals surface area contributed by atoms with Gasteiger partial charge in [-0.15, -0.1) is 0 Å². The first-order valence-corrected chi connectivity index (χ1v) is 11.9. The van der Waals surface area contributed by atoms with Gasteiger partial charge in [-0.05, 0) is 89.6 Å². The molecule has 1 atom stereocenters. The maximum Gasteiger partial charge on any atom is 0.338 e. The summed E-state index contributed by atoms with van der Waals surface area (Å²) >= 11 is 0. The van der Waals surface area contributed by atoms with Crippen LogP contribution in [0.2, 0.25) is 0 Å². The molecule has 3 heteroatoms. The largest absolute Gasteiger partial charge is 0.462 e. The Morgan fingerprint density at radius 1 is 1.12 bits per heavy atom. The fourth-order valence-corrected chi connectivity index (χ4v) is 4.69. The number of anilines is 1. The van der Waals surface area contributed by atoms with E-state index in [2.05, 4.69) is 72.0 Å². The van der Waals surface area contributed by atoms with Crippen molar-refractivity contribution in [2.45, 2.75) is 79.7 Å². The second kappa shape index (κ2) is 9.13. The van der Waals surface area contributed by atoms with Crippen LogP contribution in [-0.2, 0) is 10.2 Å². The van der Waals surface area contributed by atoms with Gasteiger partial charge < -0.3 is 10.1 Å². The van der Waals surface area contributed by atoms with Crippen molar-refractivity contribution in [1.82, 2.24) is 0 Å². The third kappa shape index (κ3) is 4.92. The molecule has 0 radical (unpaired) electrons. The van der Waals surface area contributed by atoms with E-state index in [1.165, 1.54) is 27.8 Å². The lowest BCUT2D eigenvalue weighted by molar-refractivity contribution is 0.0526. The van der Waals surface area contributed by atoms with Gasteiger partial charge in [-0.3, -0.25) is 0 Å². The Morgan fingerprint density at radius 2 is 1.78 bits per heavy atom. The van der Waals surface area contributed by atoms with Crippen molar-refractivity contribution in [2.24, 2.45) is 5.41 Å². The molecule has 1 aliphatic rings. The summed E-state index contributed by atoms with van der Waals surface area (Å²) in [6.07, 6.45) is 4.48. The Labute approximate surface area is 194 Å². The summed E-state index contributed by atoms with van der Waals surface area (Å²) in [5.41, 5.74) is 8.82. The smallest absolute Gasteiger partial charge is 0.338 e. The number of carbonyl (C=O) groups excluding carboxylic acids is 1. The van der Waals surface area contributed by atoms with Crippen molar-refractivity contribution in [3.05, 3.63) is 70.3 Å². The van der Waals surface area contributed by atoms with Crippen LogP contribution < -0.4 is 5.32 Å². The molecule has 1 unspecified atom stereocenters. The minimum absolute atomic E-state index is 0.117. The molecule has 0 amide bonds. The molecular weight excluding hydrogens is 394 g/mol. The molecule has 0 spiro atoms. The van der Waals surface area contributed by atoms with Gasteiger partial charge in [0.15, 0.2) is 0 Å². The van der Waals surface area contributed by atoms with Crippen LogP contribution in [0.15, 0.2) is 42.5 Å². The zero-order chi connectivity index (χ0) is 23.7. The van der Waals surface area contributed by atoms with E-state index >= 15 is 0 Å². The number of aryl methyl sites for hydroxylation is 1. The molecule has 1 aliphatic carbocycles. The first-order chi connectivity index (χ1) is 15.0. The maximum atomic E-state index is 11.9. The number of benzene rings is 2. The molecule has 0 aromatic heterocycles. The molecule has 172 valence electrons. The monoisotopic (exact) mass is 433 g/mol. The number of carbonyl (C=O) groups is 1. The molecule has 3 nitrogen and oxygen atoms in total. The van der Waals surface area contributed by atoms with Gasteiger partial charge in [0, 0.05) is 5.69 Å². The van der Waals surface area contributed by atoms with E-state index in [0.717, 1.165) is 18.5 Å². The van der Waals surface area contributed by atoms with Gasteiger partial charge in [-0.25, -0.2) is 4.79 Å². The molecule has 2 aromatic rings. The van der Waals surface area contributed by atoms with Gasteiger partial charge >= 0.3 is 5.97 Å². The van der Waals surface area contributed by atoms with Crippen molar-refractivity contribution in [1.29, 1.82) is 0 Å². The summed E-state index contributed by atoms with van der Waals surface area (Å²) in [5, 5.41) is 3.69. The third-order valence-electron chi connectivity index (χ3n) is 6.57. The van der Waals surface area contributed by atoms with Crippen LogP contribution in [0, 0.1) is 12.3 Å². The van der Waals surface area contributed by atoms with E-state index in [0.29, 0.717) is 12.2 Å². The summed E-state index contributed by atoms with van der Waals surface area (Å²) in [6.45, 7) is 18.3. The van der Waals surface area contributed by atoms with E-state index in [1.54, 1.807) is 0 Å². The Balaban J connectivity index is 1.95. The van der Waals surface area contributed by atoms with E-state index in [9.17, 15) is 4.79 Å². The number of fused-ring (bicyclic) bond motifs is 1. The number of hydrogen-bond donors (Lipinski definition) is 1. The lowest BCUT2D eigenvalue weighted by atomic mass is 9.67. The maximum absolute atomic E-state index is 11.9. The standard InChI is InChI=1S/C29H39NO2/c1-9-26(30-21-13-11-20(12-14-21)27(31)32-10-2)22-18-25-23(17-19(22)3)24(28(4,5)6)15-16-29(25,7)8/h11-15,17-18,26,30H,9-10,16H2,1-8H3. The van der Waals surface area contributed by atoms with E-state index in [1.807, 2.05) is 31.2 Å².